The quantitative estimate of drug-likeness (QED) is 0.796. The Hall–Kier alpha value is -1.35. The molecule has 0 saturated heterocycles. The summed E-state index contributed by atoms with van der Waals surface area (Å²) in [5, 5.41) is 9.27. The van der Waals surface area contributed by atoms with Crippen molar-refractivity contribution in [3.8, 4) is 0 Å². The van der Waals surface area contributed by atoms with E-state index in [0.717, 1.165) is 29.2 Å². The second kappa shape index (κ2) is 5.82. The maximum absolute atomic E-state index is 9.27. The molecule has 0 aliphatic rings. The molecular formula is C14H22N2O. The van der Waals surface area contributed by atoms with Crippen molar-refractivity contribution in [1.29, 1.82) is 0 Å². The van der Waals surface area contributed by atoms with E-state index in [4.69, 9.17) is 0 Å². The first-order chi connectivity index (χ1) is 7.93. The van der Waals surface area contributed by atoms with Crippen molar-refractivity contribution >= 4 is 5.82 Å². The van der Waals surface area contributed by atoms with Gasteiger partial charge in [-0.3, -0.25) is 0 Å². The van der Waals surface area contributed by atoms with Gasteiger partial charge in [0.1, 0.15) is 5.82 Å². The van der Waals surface area contributed by atoms with Gasteiger partial charge in [-0.2, -0.15) is 0 Å². The van der Waals surface area contributed by atoms with Crippen LogP contribution in [0.2, 0.25) is 0 Å². The Kier molecular flexibility index (Phi) is 4.70. The van der Waals surface area contributed by atoms with Crippen molar-refractivity contribution in [2.45, 2.75) is 33.3 Å². The molecule has 3 heteroatoms. The number of pyridine rings is 1. The molecular weight excluding hydrogens is 212 g/mol. The molecule has 0 spiro atoms. The van der Waals surface area contributed by atoms with Crippen LogP contribution in [0.3, 0.4) is 0 Å². The first kappa shape index (κ1) is 13.7. The standard InChI is InChI=1S/C14H22N2O/c1-10(2)8-16(5)14-7-12(9-17)6-13(15-14)11(3)4/h6-7,11,17H,1,8-9H2,2-5H3. The Morgan fingerprint density at radius 2 is 2.12 bits per heavy atom. The van der Waals surface area contributed by atoms with E-state index in [1.807, 2.05) is 31.0 Å². The highest BCUT2D eigenvalue weighted by atomic mass is 16.3. The average Bonchev–Trinajstić information content (AvgIpc) is 2.27. The maximum Gasteiger partial charge on any atom is 0.129 e. The number of hydrogen-bond acceptors (Lipinski definition) is 3. The summed E-state index contributed by atoms with van der Waals surface area (Å²) in [6, 6.07) is 3.89. The number of anilines is 1. The van der Waals surface area contributed by atoms with Crippen LogP contribution in [0.15, 0.2) is 24.3 Å². The largest absolute Gasteiger partial charge is 0.392 e. The van der Waals surface area contributed by atoms with Gasteiger partial charge in [0.2, 0.25) is 0 Å². The first-order valence-electron chi connectivity index (χ1n) is 5.91. The smallest absolute Gasteiger partial charge is 0.129 e. The molecule has 0 saturated carbocycles. The lowest BCUT2D eigenvalue weighted by molar-refractivity contribution is 0.281. The molecule has 0 fully saturated rings. The van der Waals surface area contributed by atoms with E-state index in [2.05, 4.69) is 25.4 Å². The highest BCUT2D eigenvalue weighted by Gasteiger charge is 2.09. The number of rotatable bonds is 5. The average molecular weight is 234 g/mol. The Morgan fingerprint density at radius 3 is 2.59 bits per heavy atom. The van der Waals surface area contributed by atoms with E-state index in [1.54, 1.807) is 0 Å². The van der Waals surface area contributed by atoms with Gasteiger partial charge in [-0.25, -0.2) is 4.98 Å². The second-order valence-corrected chi connectivity index (χ2v) is 4.88. The molecule has 1 N–H and O–H groups in total. The van der Waals surface area contributed by atoms with Gasteiger partial charge in [0.15, 0.2) is 0 Å². The number of aliphatic hydroxyl groups is 1. The van der Waals surface area contributed by atoms with E-state index < -0.39 is 0 Å². The van der Waals surface area contributed by atoms with E-state index in [1.165, 1.54) is 0 Å². The van der Waals surface area contributed by atoms with Gasteiger partial charge < -0.3 is 10.0 Å². The van der Waals surface area contributed by atoms with Crippen molar-refractivity contribution < 1.29 is 5.11 Å². The molecule has 94 valence electrons. The van der Waals surface area contributed by atoms with Gasteiger partial charge in [0, 0.05) is 19.3 Å². The Labute approximate surface area is 104 Å². The van der Waals surface area contributed by atoms with Crippen LogP contribution in [0, 0.1) is 0 Å². The number of aliphatic hydroxyl groups excluding tert-OH is 1. The van der Waals surface area contributed by atoms with E-state index in [-0.39, 0.29) is 6.61 Å². The van der Waals surface area contributed by atoms with Crippen LogP contribution in [0.25, 0.3) is 0 Å². The van der Waals surface area contributed by atoms with Gasteiger partial charge in [0.05, 0.1) is 6.61 Å². The topological polar surface area (TPSA) is 36.4 Å². The normalized spacial score (nSPS) is 10.7. The second-order valence-electron chi connectivity index (χ2n) is 4.88. The third-order valence-corrected chi connectivity index (χ3v) is 2.56. The Morgan fingerprint density at radius 1 is 1.47 bits per heavy atom. The summed E-state index contributed by atoms with van der Waals surface area (Å²) >= 11 is 0. The van der Waals surface area contributed by atoms with E-state index >= 15 is 0 Å². The summed E-state index contributed by atoms with van der Waals surface area (Å²) in [4.78, 5) is 6.66. The van der Waals surface area contributed by atoms with Crippen molar-refractivity contribution in [3.63, 3.8) is 0 Å². The molecule has 0 amide bonds. The minimum atomic E-state index is 0.0517. The molecule has 0 radical (unpaired) electrons. The summed E-state index contributed by atoms with van der Waals surface area (Å²) in [7, 11) is 1.99. The van der Waals surface area contributed by atoms with Crippen LogP contribution in [-0.2, 0) is 6.61 Å². The molecule has 0 aromatic carbocycles. The van der Waals surface area contributed by atoms with Crippen molar-refractivity contribution in [2.24, 2.45) is 0 Å². The summed E-state index contributed by atoms with van der Waals surface area (Å²) in [5.41, 5.74) is 3.02. The summed E-state index contributed by atoms with van der Waals surface area (Å²) in [6.07, 6.45) is 0. The van der Waals surface area contributed by atoms with Crippen LogP contribution in [0.5, 0.6) is 0 Å². The number of hydrogen-bond donors (Lipinski definition) is 1. The Balaban J connectivity index is 3.05. The van der Waals surface area contributed by atoms with Crippen LogP contribution in [0.1, 0.15) is 37.9 Å². The molecule has 1 aromatic heterocycles. The summed E-state index contributed by atoms with van der Waals surface area (Å²) < 4.78 is 0. The molecule has 1 heterocycles. The number of likely N-dealkylation sites (N-methyl/N-ethyl adjacent to an activating group) is 1. The zero-order chi connectivity index (χ0) is 13.0. The van der Waals surface area contributed by atoms with Gasteiger partial charge in [-0.15, -0.1) is 0 Å². The van der Waals surface area contributed by atoms with E-state index in [9.17, 15) is 5.11 Å². The maximum atomic E-state index is 9.27. The minimum Gasteiger partial charge on any atom is -0.392 e. The third-order valence-electron chi connectivity index (χ3n) is 2.56. The van der Waals surface area contributed by atoms with Gasteiger partial charge in [0.25, 0.3) is 0 Å². The SMILES string of the molecule is C=C(C)CN(C)c1cc(CO)cc(C(C)C)n1. The van der Waals surface area contributed by atoms with Crippen molar-refractivity contribution in [2.75, 3.05) is 18.5 Å². The molecule has 1 rings (SSSR count). The third kappa shape index (κ3) is 3.86. The van der Waals surface area contributed by atoms with Crippen LogP contribution < -0.4 is 4.90 Å². The molecule has 0 aliphatic heterocycles. The van der Waals surface area contributed by atoms with Crippen LogP contribution in [0.4, 0.5) is 5.82 Å². The highest BCUT2D eigenvalue weighted by Crippen LogP contribution is 2.20. The van der Waals surface area contributed by atoms with Crippen LogP contribution >= 0.6 is 0 Å². The van der Waals surface area contributed by atoms with Crippen molar-refractivity contribution in [3.05, 3.63) is 35.5 Å². The molecule has 1 aromatic rings. The monoisotopic (exact) mass is 234 g/mol. The predicted molar refractivity (Wildman–Crippen MR) is 72.3 cm³/mol. The number of nitrogens with zero attached hydrogens (tertiary/aromatic N) is 2. The fourth-order valence-electron chi connectivity index (χ4n) is 1.66. The predicted octanol–water partition coefficient (Wildman–Crippen LogP) is 2.71. The molecule has 0 unspecified atom stereocenters. The fourth-order valence-corrected chi connectivity index (χ4v) is 1.66. The zero-order valence-corrected chi connectivity index (χ0v) is 11.2. The van der Waals surface area contributed by atoms with Gasteiger partial charge in [-0.1, -0.05) is 26.0 Å². The minimum absolute atomic E-state index is 0.0517. The fraction of sp³-hybridized carbons (Fsp3) is 0.500. The molecule has 3 nitrogen and oxygen atoms in total. The highest BCUT2D eigenvalue weighted by molar-refractivity contribution is 5.43. The van der Waals surface area contributed by atoms with Gasteiger partial charge >= 0.3 is 0 Å². The lowest BCUT2D eigenvalue weighted by Crippen LogP contribution is -2.21. The molecule has 0 atom stereocenters. The molecule has 0 aliphatic carbocycles. The lowest BCUT2D eigenvalue weighted by Gasteiger charge is -2.20. The lowest BCUT2D eigenvalue weighted by atomic mass is 10.1. The molecule has 0 bridgehead atoms. The van der Waals surface area contributed by atoms with Crippen molar-refractivity contribution in [1.82, 2.24) is 4.98 Å². The Bertz CT molecular complexity index is 399. The first-order valence-corrected chi connectivity index (χ1v) is 5.91. The van der Waals surface area contributed by atoms with Gasteiger partial charge in [-0.05, 0) is 30.5 Å². The number of aromatic nitrogens is 1. The zero-order valence-electron chi connectivity index (χ0n) is 11.2. The summed E-state index contributed by atoms with van der Waals surface area (Å²) in [6.45, 7) is 10.9. The van der Waals surface area contributed by atoms with E-state index in [0.29, 0.717) is 5.92 Å². The van der Waals surface area contributed by atoms with Crippen LogP contribution in [-0.4, -0.2) is 23.7 Å². The summed E-state index contributed by atoms with van der Waals surface area (Å²) in [5.74, 6) is 1.25. The molecule has 17 heavy (non-hydrogen) atoms.